The fourth-order valence-corrected chi connectivity index (χ4v) is 3.07. The molecule has 0 unspecified atom stereocenters. The van der Waals surface area contributed by atoms with E-state index in [1.807, 2.05) is 30.3 Å². The topological polar surface area (TPSA) is 53.1 Å². The van der Waals surface area contributed by atoms with E-state index in [1.165, 1.54) is 5.06 Å². The standard InChI is InChI=1S/C16H21N3O3/c1-17(2)15(20)14-9-8-13-10-18(14)16(21)19(13)22-11-12-6-4-3-5-7-12/h3-7,13-14H,8-11H2,1-2H3/t13-,14-/m0/s1. The van der Waals surface area contributed by atoms with E-state index in [-0.39, 0.29) is 24.0 Å². The molecule has 2 saturated heterocycles. The first-order valence-electron chi connectivity index (χ1n) is 7.56. The Morgan fingerprint density at radius 3 is 2.68 bits per heavy atom. The highest BCUT2D eigenvalue weighted by Gasteiger charge is 2.48. The fraction of sp³-hybridized carbons (Fsp3) is 0.500. The number of hydrogen-bond donors (Lipinski definition) is 0. The van der Waals surface area contributed by atoms with Crippen molar-refractivity contribution in [3.05, 3.63) is 35.9 Å². The summed E-state index contributed by atoms with van der Waals surface area (Å²) in [4.78, 5) is 33.6. The van der Waals surface area contributed by atoms with Gasteiger partial charge in [-0.25, -0.2) is 4.79 Å². The number of benzene rings is 1. The van der Waals surface area contributed by atoms with E-state index in [2.05, 4.69) is 0 Å². The molecule has 2 heterocycles. The van der Waals surface area contributed by atoms with Gasteiger partial charge in [0, 0.05) is 20.6 Å². The highest BCUT2D eigenvalue weighted by molar-refractivity contribution is 5.88. The molecule has 6 nitrogen and oxygen atoms in total. The summed E-state index contributed by atoms with van der Waals surface area (Å²) in [5, 5.41) is 1.45. The summed E-state index contributed by atoms with van der Waals surface area (Å²) in [6.07, 6.45) is 1.49. The maximum Gasteiger partial charge on any atom is 0.345 e. The second-order valence-corrected chi connectivity index (χ2v) is 6.00. The Morgan fingerprint density at radius 1 is 1.27 bits per heavy atom. The van der Waals surface area contributed by atoms with E-state index in [9.17, 15) is 9.59 Å². The van der Waals surface area contributed by atoms with Crippen LogP contribution in [0.15, 0.2) is 30.3 Å². The number of rotatable bonds is 4. The number of hydrogen-bond acceptors (Lipinski definition) is 3. The second kappa shape index (κ2) is 5.96. The molecule has 6 heteroatoms. The third-order valence-corrected chi connectivity index (χ3v) is 4.26. The summed E-state index contributed by atoms with van der Waals surface area (Å²) in [6.45, 7) is 0.932. The average Bonchev–Trinajstić information content (AvgIpc) is 2.77. The summed E-state index contributed by atoms with van der Waals surface area (Å²) in [7, 11) is 3.44. The van der Waals surface area contributed by atoms with E-state index < -0.39 is 0 Å². The van der Waals surface area contributed by atoms with E-state index in [0.29, 0.717) is 19.6 Å². The van der Waals surface area contributed by atoms with Gasteiger partial charge in [-0.05, 0) is 18.4 Å². The molecule has 118 valence electrons. The molecule has 0 radical (unpaired) electrons. The maximum absolute atomic E-state index is 12.5. The number of piperidine rings is 1. The molecule has 1 aromatic rings. The number of carbonyl (C=O) groups excluding carboxylic acids is 2. The number of urea groups is 1. The Morgan fingerprint density at radius 2 is 2.00 bits per heavy atom. The highest BCUT2D eigenvalue weighted by atomic mass is 16.7. The van der Waals surface area contributed by atoms with E-state index in [4.69, 9.17) is 4.84 Å². The van der Waals surface area contributed by atoms with Crippen LogP contribution in [0.3, 0.4) is 0 Å². The number of nitrogens with zero attached hydrogens (tertiary/aromatic N) is 3. The van der Waals surface area contributed by atoms with Crippen LogP contribution in [0.25, 0.3) is 0 Å². The lowest BCUT2D eigenvalue weighted by Gasteiger charge is -2.31. The van der Waals surface area contributed by atoms with Crippen molar-refractivity contribution in [2.45, 2.75) is 31.5 Å². The molecule has 22 heavy (non-hydrogen) atoms. The van der Waals surface area contributed by atoms with Gasteiger partial charge >= 0.3 is 6.03 Å². The van der Waals surface area contributed by atoms with Gasteiger partial charge in [0.25, 0.3) is 0 Å². The highest BCUT2D eigenvalue weighted by Crippen LogP contribution is 2.31. The first kappa shape index (κ1) is 14.8. The van der Waals surface area contributed by atoms with Crippen molar-refractivity contribution >= 4 is 11.9 Å². The lowest BCUT2D eigenvalue weighted by Crippen LogP contribution is -2.49. The van der Waals surface area contributed by atoms with Crippen LogP contribution in [-0.4, -0.2) is 59.5 Å². The smallest absolute Gasteiger partial charge is 0.345 e. The molecular weight excluding hydrogens is 282 g/mol. The minimum atomic E-state index is -0.357. The Labute approximate surface area is 130 Å². The van der Waals surface area contributed by atoms with Crippen LogP contribution in [-0.2, 0) is 16.2 Å². The molecule has 2 bridgehead atoms. The monoisotopic (exact) mass is 303 g/mol. The molecule has 2 aliphatic heterocycles. The van der Waals surface area contributed by atoms with Crippen molar-refractivity contribution in [1.82, 2.24) is 14.9 Å². The van der Waals surface area contributed by atoms with Crippen molar-refractivity contribution in [3.8, 4) is 0 Å². The minimum absolute atomic E-state index is 0.0169. The van der Waals surface area contributed by atoms with Gasteiger partial charge in [-0.1, -0.05) is 30.3 Å². The van der Waals surface area contributed by atoms with Crippen LogP contribution >= 0.6 is 0 Å². The quantitative estimate of drug-likeness (QED) is 0.846. The molecule has 2 atom stereocenters. The normalized spacial score (nSPS) is 23.8. The zero-order valence-corrected chi connectivity index (χ0v) is 12.9. The number of carbonyl (C=O) groups is 2. The summed E-state index contributed by atoms with van der Waals surface area (Å²) < 4.78 is 0. The van der Waals surface area contributed by atoms with E-state index in [1.54, 1.807) is 23.9 Å². The molecule has 0 saturated carbocycles. The summed E-state index contributed by atoms with van der Waals surface area (Å²) >= 11 is 0. The fourth-order valence-electron chi connectivity index (χ4n) is 3.07. The molecule has 0 N–H and O–H groups in total. The number of hydroxylamine groups is 2. The Hall–Kier alpha value is -2.08. The molecule has 2 aliphatic rings. The third-order valence-electron chi connectivity index (χ3n) is 4.26. The van der Waals surface area contributed by atoms with Crippen molar-refractivity contribution < 1.29 is 14.4 Å². The summed E-state index contributed by atoms with van der Waals surface area (Å²) in [5.74, 6) is -0.0169. The Bertz CT molecular complexity index is 561. The predicted molar refractivity (Wildman–Crippen MR) is 80.7 cm³/mol. The molecule has 0 aliphatic carbocycles. The van der Waals surface area contributed by atoms with Crippen LogP contribution in [0.5, 0.6) is 0 Å². The zero-order valence-electron chi connectivity index (χ0n) is 12.9. The van der Waals surface area contributed by atoms with Gasteiger partial charge in [-0.3, -0.25) is 9.63 Å². The summed E-state index contributed by atoms with van der Waals surface area (Å²) in [6, 6.07) is 9.25. The summed E-state index contributed by atoms with van der Waals surface area (Å²) in [5.41, 5.74) is 1.02. The largest absolute Gasteiger partial charge is 0.347 e. The van der Waals surface area contributed by atoms with Crippen molar-refractivity contribution in [1.29, 1.82) is 0 Å². The average molecular weight is 303 g/mol. The molecular formula is C16H21N3O3. The van der Waals surface area contributed by atoms with Crippen LogP contribution in [0, 0.1) is 0 Å². The SMILES string of the molecule is CN(C)C(=O)[C@@H]1CC[C@H]2CN1C(=O)N2OCc1ccccc1. The molecule has 1 aromatic carbocycles. The molecule has 2 fully saturated rings. The van der Waals surface area contributed by atoms with Crippen molar-refractivity contribution in [2.24, 2.45) is 0 Å². The van der Waals surface area contributed by atoms with Gasteiger partial charge in [-0.15, -0.1) is 0 Å². The Balaban J connectivity index is 1.66. The van der Waals surface area contributed by atoms with E-state index >= 15 is 0 Å². The minimum Gasteiger partial charge on any atom is -0.347 e. The van der Waals surface area contributed by atoms with Gasteiger partial charge in [0.2, 0.25) is 5.91 Å². The number of likely N-dealkylation sites (N-methyl/N-ethyl adjacent to an activating group) is 1. The molecule has 0 spiro atoms. The number of fused-ring (bicyclic) bond motifs is 2. The lowest BCUT2D eigenvalue weighted by atomic mass is 10.00. The molecule has 0 aromatic heterocycles. The van der Waals surface area contributed by atoms with E-state index in [0.717, 1.165) is 12.0 Å². The molecule has 3 rings (SSSR count). The Kier molecular flexibility index (Phi) is 4.02. The first-order valence-corrected chi connectivity index (χ1v) is 7.56. The van der Waals surface area contributed by atoms with Crippen LogP contribution < -0.4 is 0 Å². The molecule has 3 amide bonds. The van der Waals surface area contributed by atoms with Gasteiger partial charge < -0.3 is 9.80 Å². The van der Waals surface area contributed by atoms with Crippen LogP contribution in [0.4, 0.5) is 4.79 Å². The van der Waals surface area contributed by atoms with Gasteiger partial charge in [0.15, 0.2) is 0 Å². The lowest BCUT2D eigenvalue weighted by molar-refractivity contribution is -0.140. The predicted octanol–water partition coefficient (Wildman–Crippen LogP) is 1.47. The van der Waals surface area contributed by atoms with Crippen LogP contribution in [0.2, 0.25) is 0 Å². The van der Waals surface area contributed by atoms with Gasteiger partial charge in [-0.2, -0.15) is 5.06 Å². The maximum atomic E-state index is 12.5. The second-order valence-electron chi connectivity index (χ2n) is 6.00. The van der Waals surface area contributed by atoms with Crippen molar-refractivity contribution in [3.63, 3.8) is 0 Å². The zero-order chi connectivity index (χ0) is 15.7. The number of amides is 3. The van der Waals surface area contributed by atoms with Gasteiger partial charge in [0.05, 0.1) is 6.04 Å². The van der Waals surface area contributed by atoms with Crippen LogP contribution in [0.1, 0.15) is 18.4 Å². The first-order chi connectivity index (χ1) is 10.6. The van der Waals surface area contributed by atoms with Gasteiger partial charge in [0.1, 0.15) is 12.6 Å². The van der Waals surface area contributed by atoms with Crippen molar-refractivity contribution in [2.75, 3.05) is 20.6 Å². The third kappa shape index (κ3) is 2.66.